The molecule has 0 N–H and O–H groups in total. The van der Waals surface area contributed by atoms with Gasteiger partial charge in [-0.2, -0.15) is 0 Å². The molecule has 140 valence electrons. The third-order valence-corrected chi connectivity index (χ3v) is 5.32. The minimum absolute atomic E-state index is 0.272. The Bertz CT molecular complexity index is 761. The van der Waals surface area contributed by atoms with Crippen LogP contribution in [0.2, 0.25) is 0 Å². The summed E-state index contributed by atoms with van der Waals surface area (Å²) in [6.45, 7) is 8.50. The normalized spacial score (nSPS) is 19.3. The number of likely N-dealkylation sites (tertiary alicyclic amines) is 1. The summed E-state index contributed by atoms with van der Waals surface area (Å²) >= 11 is 0. The van der Waals surface area contributed by atoms with Gasteiger partial charge in [0.1, 0.15) is 6.33 Å². The van der Waals surface area contributed by atoms with Gasteiger partial charge in [-0.25, -0.2) is 14.6 Å². The third kappa shape index (κ3) is 3.35. The molecule has 4 heterocycles. The van der Waals surface area contributed by atoms with Gasteiger partial charge in [0.15, 0.2) is 17.0 Å². The molecule has 9 heteroatoms. The van der Waals surface area contributed by atoms with Crippen LogP contribution in [0.1, 0.15) is 26.2 Å². The third-order valence-electron chi connectivity index (χ3n) is 5.32. The van der Waals surface area contributed by atoms with E-state index in [4.69, 9.17) is 0 Å². The molecular weight excluding hydrogens is 332 g/mol. The highest BCUT2D eigenvalue weighted by atomic mass is 16.2. The zero-order chi connectivity index (χ0) is 17.9. The molecule has 4 rings (SSSR count). The molecule has 0 bridgehead atoms. The summed E-state index contributed by atoms with van der Waals surface area (Å²) in [6, 6.07) is 0. The number of carbonyl (C=O) groups excluding carboxylic acids is 1. The molecule has 0 spiro atoms. The lowest BCUT2D eigenvalue weighted by atomic mass is 10.1. The van der Waals surface area contributed by atoms with E-state index >= 15 is 0 Å². The number of aryl methyl sites for hydroxylation is 1. The van der Waals surface area contributed by atoms with Crippen molar-refractivity contribution in [2.45, 2.75) is 32.7 Å². The number of carbonyl (C=O) groups is 1. The van der Waals surface area contributed by atoms with Gasteiger partial charge in [-0.15, -0.1) is 5.10 Å². The van der Waals surface area contributed by atoms with Gasteiger partial charge in [0.05, 0.1) is 6.54 Å². The molecular formula is C17H26N8O. The molecule has 0 unspecified atom stereocenters. The molecule has 0 radical (unpaired) electrons. The number of piperazine rings is 1. The predicted molar refractivity (Wildman–Crippen MR) is 97.9 cm³/mol. The first-order valence-corrected chi connectivity index (χ1v) is 9.55. The SMILES string of the molecule is CCn1nnc2c(N3CCN(CC(=O)N4CCCCC4)CC3)ncnc21. The van der Waals surface area contributed by atoms with Crippen molar-refractivity contribution in [2.24, 2.45) is 0 Å². The highest BCUT2D eigenvalue weighted by Gasteiger charge is 2.25. The van der Waals surface area contributed by atoms with Crippen LogP contribution in [0, 0.1) is 0 Å². The minimum atomic E-state index is 0.272. The summed E-state index contributed by atoms with van der Waals surface area (Å²) < 4.78 is 1.79. The van der Waals surface area contributed by atoms with Gasteiger partial charge in [-0.05, 0) is 26.2 Å². The van der Waals surface area contributed by atoms with E-state index in [1.165, 1.54) is 6.42 Å². The van der Waals surface area contributed by atoms with Gasteiger partial charge in [0.25, 0.3) is 0 Å². The number of fused-ring (bicyclic) bond motifs is 1. The van der Waals surface area contributed by atoms with Crippen molar-refractivity contribution in [2.75, 3.05) is 50.7 Å². The number of hydrogen-bond donors (Lipinski definition) is 0. The number of aromatic nitrogens is 5. The maximum Gasteiger partial charge on any atom is 0.236 e. The number of hydrogen-bond acceptors (Lipinski definition) is 7. The van der Waals surface area contributed by atoms with E-state index in [1.807, 2.05) is 11.8 Å². The van der Waals surface area contributed by atoms with E-state index < -0.39 is 0 Å². The fraction of sp³-hybridized carbons (Fsp3) is 0.706. The van der Waals surface area contributed by atoms with Crippen LogP contribution < -0.4 is 4.90 Å². The Hall–Kier alpha value is -2.29. The molecule has 0 aromatic carbocycles. The van der Waals surface area contributed by atoms with E-state index in [0.29, 0.717) is 6.54 Å². The standard InChI is InChI=1S/C17H26N8O/c1-2-25-17-15(20-21-25)16(18-13-19-17)24-10-8-22(9-11-24)12-14(26)23-6-4-3-5-7-23/h13H,2-12H2,1H3. The predicted octanol–water partition coefficient (Wildman–Crippen LogP) is 0.376. The summed E-state index contributed by atoms with van der Waals surface area (Å²) in [5.74, 6) is 1.12. The first kappa shape index (κ1) is 17.1. The van der Waals surface area contributed by atoms with Crippen LogP contribution in [0.3, 0.4) is 0 Å². The second-order valence-electron chi connectivity index (χ2n) is 6.98. The molecule has 2 aromatic rings. The highest BCUT2D eigenvalue weighted by Crippen LogP contribution is 2.21. The molecule has 2 aromatic heterocycles. The van der Waals surface area contributed by atoms with Gasteiger partial charge < -0.3 is 9.80 Å². The minimum Gasteiger partial charge on any atom is -0.352 e. The Morgan fingerprint density at radius 2 is 1.81 bits per heavy atom. The van der Waals surface area contributed by atoms with Gasteiger partial charge in [-0.3, -0.25) is 9.69 Å². The van der Waals surface area contributed by atoms with Crippen molar-refractivity contribution in [3.8, 4) is 0 Å². The van der Waals surface area contributed by atoms with Gasteiger partial charge in [0, 0.05) is 45.8 Å². The van der Waals surface area contributed by atoms with Crippen LogP contribution in [0.15, 0.2) is 6.33 Å². The Kier molecular flexibility index (Phi) is 4.96. The summed E-state index contributed by atoms with van der Waals surface area (Å²) in [5.41, 5.74) is 1.53. The van der Waals surface area contributed by atoms with Crippen molar-refractivity contribution < 1.29 is 4.79 Å². The van der Waals surface area contributed by atoms with Crippen LogP contribution in [0.5, 0.6) is 0 Å². The second kappa shape index (κ2) is 7.53. The fourth-order valence-corrected chi connectivity index (χ4v) is 3.78. The second-order valence-corrected chi connectivity index (χ2v) is 6.98. The zero-order valence-corrected chi connectivity index (χ0v) is 15.3. The summed E-state index contributed by atoms with van der Waals surface area (Å²) in [7, 11) is 0. The first-order valence-electron chi connectivity index (χ1n) is 9.55. The van der Waals surface area contributed by atoms with Crippen molar-refractivity contribution in [1.29, 1.82) is 0 Å². The van der Waals surface area contributed by atoms with Crippen LogP contribution in [-0.2, 0) is 11.3 Å². The van der Waals surface area contributed by atoms with Crippen molar-refractivity contribution in [3.63, 3.8) is 0 Å². The van der Waals surface area contributed by atoms with Gasteiger partial charge >= 0.3 is 0 Å². The number of anilines is 1. The Labute approximate surface area is 153 Å². The molecule has 2 aliphatic rings. The van der Waals surface area contributed by atoms with Crippen molar-refractivity contribution >= 4 is 22.9 Å². The lowest BCUT2D eigenvalue weighted by molar-refractivity contribution is -0.133. The Balaban J connectivity index is 1.38. The quantitative estimate of drug-likeness (QED) is 0.781. The number of nitrogens with zero attached hydrogens (tertiary/aromatic N) is 8. The van der Waals surface area contributed by atoms with E-state index in [0.717, 1.165) is 75.6 Å². The van der Waals surface area contributed by atoms with Gasteiger partial charge in [0.2, 0.25) is 5.91 Å². The molecule has 0 saturated carbocycles. The summed E-state index contributed by atoms with van der Waals surface area (Å²) in [5, 5.41) is 8.42. The largest absolute Gasteiger partial charge is 0.352 e. The van der Waals surface area contributed by atoms with Crippen LogP contribution in [0.25, 0.3) is 11.2 Å². The van der Waals surface area contributed by atoms with Crippen LogP contribution in [0.4, 0.5) is 5.82 Å². The first-order chi connectivity index (χ1) is 12.8. The van der Waals surface area contributed by atoms with E-state index in [-0.39, 0.29) is 5.91 Å². The average molecular weight is 358 g/mol. The van der Waals surface area contributed by atoms with Crippen LogP contribution in [-0.4, -0.2) is 86.5 Å². The van der Waals surface area contributed by atoms with E-state index in [9.17, 15) is 4.79 Å². The topological polar surface area (TPSA) is 83.3 Å². The van der Waals surface area contributed by atoms with E-state index in [2.05, 4.69) is 30.1 Å². The number of amides is 1. The lowest BCUT2D eigenvalue weighted by Gasteiger charge is -2.36. The molecule has 1 amide bonds. The zero-order valence-electron chi connectivity index (χ0n) is 15.3. The smallest absolute Gasteiger partial charge is 0.236 e. The number of rotatable bonds is 4. The summed E-state index contributed by atoms with van der Waals surface area (Å²) in [6.07, 6.45) is 5.11. The molecule has 2 saturated heterocycles. The highest BCUT2D eigenvalue weighted by molar-refractivity contribution is 5.82. The molecule has 9 nitrogen and oxygen atoms in total. The van der Waals surface area contributed by atoms with E-state index in [1.54, 1.807) is 11.0 Å². The van der Waals surface area contributed by atoms with Crippen LogP contribution >= 0.6 is 0 Å². The maximum absolute atomic E-state index is 12.5. The molecule has 0 atom stereocenters. The fourth-order valence-electron chi connectivity index (χ4n) is 3.78. The Morgan fingerprint density at radius 3 is 2.54 bits per heavy atom. The van der Waals surface area contributed by atoms with Crippen molar-refractivity contribution in [1.82, 2.24) is 34.8 Å². The molecule has 2 aliphatic heterocycles. The molecule has 0 aliphatic carbocycles. The monoisotopic (exact) mass is 358 g/mol. The molecule has 2 fully saturated rings. The average Bonchev–Trinajstić information content (AvgIpc) is 3.12. The lowest BCUT2D eigenvalue weighted by Crippen LogP contribution is -2.51. The van der Waals surface area contributed by atoms with Gasteiger partial charge in [-0.1, -0.05) is 5.21 Å². The maximum atomic E-state index is 12.5. The molecule has 26 heavy (non-hydrogen) atoms. The van der Waals surface area contributed by atoms with Crippen molar-refractivity contribution in [3.05, 3.63) is 6.33 Å². The number of piperidine rings is 1. The Morgan fingerprint density at radius 1 is 1.04 bits per heavy atom. The summed E-state index contributed by atoms with van der Waals surface area (Å²) in [4.78, 5) is 27.7.